The van der Waals surface area contributed by atoms with Gasteiger partial charge in [-0.3, -0.25) is 4.79 Å². The molecule has 0 unspecified atom stereocenters. The van der Waals surface area contributed by atoms with Crippen LogP contribution < -0.4 is 10.6 Å². The van der Waals surface area contributed by atoms with Crippen molar-refractivity contribution in [1.29, 1.82) is 0 Å². The van der Waals surface area contributed by atoms with E-state index in [0.717, 1.165) is 25.9 Å². The lowest BCUT2D eigenvalue weighted by Gasteiger charge is -2.21. The van der Waals surface area contributed by atoms with Crippen molar-refractivity contribution in [3.63, 3.8) is 0 Å². The Kier molecular flexibility index (Phi) is 7.41. The first-order chi connectivity index (χ1) is 9.50. The van der Waals surface area contributed by atoms with Gasteiger partial charge in [0.25, 0.3) is 0 Å². The van der Waals surface area contributed by atoms with Crippen LogP contribution in [0.2, 0.25) is 0 Å². The fraction of sp³-hybridized carbons (Fsp3) is 0.867. The van der Waals surface area contributed by atoms with Gasteiger partial charge in [-0.25, -0.2) is 4.79 Å². The highest BCUT2D eigenvalue weighted by Gasteiger charge is 2.15. The van der Waals surface area contributed by atoms with Gasteiger partial charge < -0.3 is 15.5 Å². The summed E-state index contributed by atoms with van der Waals surface area (Å²) in [7, 11) is 0. The van der Waals surface area contributed by atoms with Crippen molar-refractivity contribution in [2.75, 3.05) is 19.6 Å². The van der Waals surface area contributed by atoms with Crippen LogP contribution in [-0.2, 0) is 4.79 Å². The van der Waals surface area contributed by atoms with Gasteiger partial charge in [0, 0.05) is 32.1 Å². The zero-order valence-electron chi connectivity index (χ0n) is 13.1. The molecule has 0 saturated carbocycles. The first kappa shape index (κ1) is 16.8. The van der Waals surface area contributed by atoms with E-state index in [9.17, 15) is 9.59 Å². The topological polar surface area (TPSA) is 61.4 Å². The summed E-state index contributed by atoms with van der Waals surface area (Å²) in [5, 5.41) is 5.62. The molecule has 0 aromatic rings. The van der Waals surface area contributed by atoms with Gasteiger partial charge in [0.1, 0.15) is 0 Å². The lowest BCUT2D eigenvalue weighted by atomic mass is 10.1. The first-order valence-electron chi connectivity index (χ1n) is 7.83. The summed E-state index contributed by atoms with van der Waals surface area (Å²) in [6.45, 7) is 8.26. The summed E-state index contributed by atoms with van der Waals surface area (Å²) in [6.07, 6.45) is 5.04. The monoisotopic (exact) mass is 283 g/mol. The molecule has 1 atom stereocenters. The van der Waals surface area contributed by atoms with Crippen molar-refractivity contribution in [2.45, 2.75) is 58.9 Å². The fourth-order valence-electron chi connectivity index (χ4n) is 2.19. The number of carbonyl (C=O) groups is 2. The van der Waals surface area contributed by atoms with Crippen molar-refractivity contribution < 1.29 is 9.59 Å². The van der Waals surface area contributed by atoms with Gasteiger partial charge in [-0.2, -0.15) is 0 Å². The van der Waals surface area contributed by atoms with Crippen molar-refractivity contribution in [2.24, 2.45) is 5.92 Å². The number of rotatable bonds is 5. The third-order valence-electron chi connectivity index (χ3n) is 3.94. The molecule has 0 aliphatic carbocycles. The first-order valence-corrected chi connectivity index (χ1v) is 7.83. The number of hydrogen-bond acceptors (Lipinski definition) is 2. The molecule has 0 aromatic heterocycles. The maximum atomic E-state index is 12.0. The van der Waals surface area contributed by atoms with E-state index in [2.05, 4.69) is 24.5 Å². The van der Waals surface area contributed by atoms with Crippen LogP contribution in [0.4, 0.5) is 4.79 Å². The van der Waals surface area contributed by atoms with Crippen molar-refractivity contribution >= 4 is 11.9 Å². The molecule has 1 aliphatic heterocycles. The number of likely N-dealkylation sites (tertiary alicyclic amines) is 1. The molecule has 20 heavy (non-hydrogen) atoms. The van der Waals surface area contributed by atoms with E-state index < -0.39 is 0 Å². The van der Waals surface area contributed by atoms with E-state index in [0.29, 0.717) is 18.9 Å². The average Bonchev–Trinajstić information content (AvgIpc) is 2.67. The van der Waals surface area contributed by atoms with E-state index in [-0.39, 0.29) is 18.0 Å². The van der Waals surface area contributed by atoms with Gasteiger partial charge in [0.2, 0.25) is 5.91 Å². The van der Waals surface area contributed by atoms with Crippen LogP contribution in [0.15, 0.2) is 0 Å². The van der Waals surface area contributed by atoms with Gasteiger partial charge in [0.05, 0.1) is 0 Å². The molecular formula is C15H29N3O2. The molecule has 0 aromatic carbocycles. The minimum Gasteiger partial charge on any atom is -0.343 e. The standard InChI is InChI=1S/C15H29N3O2/c1-12(2)13(3)17-15(20)16-9-8-14(19)18-10-6-4-5-7-11-18/h12-13H,4-11H2,1-3H3,(H2,16,17,20)/t13-/m0/s1. The average molecular weight is 283 g/mol. The highest BCUT2D eigenvalue weighted by molar-refractivity contribution is 5.78. The number of urea groups is 1. The lowest BCUT2D eigenvalue weighted by Crippen LogP contribution is -2.44. The predicted molar refractivity (Wildman–Crippen MR) is 80.5 cm³/mol. The minimum absolute atomic E-state index is 0.135. The highest BCUT2D eigenvalue weighted by Crippen LogP contribution is 2.10. The quantitative estimate of drug-likeness (QED) is 0.812. The Morgan fingerprint density at radius 3 is 2.20 bits per heavy atom. The maximum absolute atomic E-state index is 12.0. The predicted octanol–water partition coefficient (Wildman–Crippen LogP) is 2.12. The molecule has 3 amide bonds. The van der Waals surface area contributed by atoms with Gasteiger partial charge >= 0.3 is 6.03 Å². The third kappa shape index (κ3) is 6.26. The second-order valence-electron chi connectivity index (χ2n) is 5.98. The molecule has 1 saturated heterocycles. The summed E-state index contributed by atoms with van der Waals surface area (Å²) < 4.78 is 0. The van der Waals surface area contributed by atoms with E-state index in [1.54, 1.807) is 0 Å². The van der Waals surface area contributed by atoms with Gasteiger partial charge in [0.15, 0.2) is 0 Å². The van der Waals surface area contributed by atoms with Crippen molar-refractivity contribution in [1.82, 2.24) is 15.5 Å². The second kappa shape index (κ2) is 8.82. The SMILES string of the molecule is CC(C)[C@H](C)NC(=O)NCCC(=O)N1CCCCCC1. The molecule has 1 rings (SSSR count). The third-order valence-corrected chi connectivity index (χ3v) is 3.94. The smallest absolute Gasteiger partial charge is 0.315 e. The zero-order chi connectivity index (χ0) is 15.0. The lowest BCUT2D eigenvalue weighted by molar-refractivity contribution is -0.131. The summed E-state index contributed by atoms with van der Waals surface area (Å²) in [6, 6.07) is -0.0498. The Morgan fingerprint density at radius 2 is 1.65 bits per heavy atom. The Hall–Kier alpha value is -1.26. The van der Waals surface area contributed by atoms with Gasteiger partial charge in [-0.05, 0) is 25.7 Å². The number of nitrogens with zero attached hydrogens (tertiary/aromatic N) is 1. The van der Waals surface area contributed by atoms with Crippen LogP contribution in [0, 0.1) is 5.92 Å². The molecule has 116 valence electrons. The molecule has 5 heteroatoms. The number of hydrogen-bond donors (Lipinski definition) is 2. The number of nitrogens with one attached hydrogen (secondary N) is 2. The maximum Gasteiger partial charge on any atom is 0.315 e. The molecule has 0 radical (unpaired) electrons. The minimum atomic E-state index is -0.185. The summed E-state index contributed by atoms with van der Waals surface area (Å²) in [5.74, 6) is 0.559. The molecule has 1 heterocycles. The molecule has 1 aliphatic rings. The second-order valence-corrected chi connectivity index (χ2v) is 5.98. The Labute approximate surface area is 122 Å². The van der Waals surface area contributed by atoms with Crippen LogP contribution >= 0.6 is 0 Å². The van der Waals surface area contributed by atoms with Crippen LogP contribution in [0.1, 0.15) is 52.9 Å². The van der Waals surface area contributed by atoms with E-state index in [4.69, 9.17) is 0 Å². The van der Waals surface area contributed by atoms with Crippen LogP contribution in [-0.4, -0.2) is 42.5 Å². The number of amides is 3. The normalized spacial score (nSPS) is 17.5. The van der Waals surface area contributed by atoms with Gasteiger partial charge in [-0.15, -0.1) is 0 Å². The van der Waals surface area contributed by atoms with E-state index in [1.165, 1.54) is 12.8 Å². The highest BCUT2D eigenvalue weighted by atomic mass is 16.2. The van der Waals surface area contributed by atoms with Crippen molar-refractivity contribution in [3.05, 3.63) is 0 Å². The van der Waals surface area contributed by atoms with E-state index in [1.807, 2.05) is 11.8 Å². The summed E-state index contributed by atoms with van der Waals surface area (Å²) >= 11 is 0. The van der Waals surface area contributed by atoms with Crippen LogP contribution in [0.25, 0.3) is 0 Å². The Morgan fingerprint density at radius 1 is 1.05 bits per heavy atom. The molecule has 2 N–H and O–H groups in total. The number of carbonyl (C=O) groups excluding carboxylic acids is 2. The van der Waals surface area contributed by atoms with Crippen molar-refractivity contribution in [3.8, 4) is 0 Å². The van der Waals surface area contributed by atoms with Crippen LogP contribution in [0.5, 0.6) is 0 Å². The Bertz CT molecular complexity index is 310. The molecule has 0 spiro atoms. The molecular weight excluding hydrogens is 254 g/mol. The molecule has 0 bridgehead atoms. The zero-order valence-corrected chi connectivity index (χ0v) is 13.1. The largest absolute Gasteiger partial charge is 0.343 e. The van der Waals surface area contributed by atoms with Crippen LogP contribution in [0.3, 0.4) is 0 Å². The van der Waals surface area contributed by atoms with Gasteiger partial charge in [-0.1, -0.05) is 26.7 Å². The fourth-order valence-corrected chi connectivity index (χ4v) is 2.19. The summed E-state index contributed by atoms with van der Waals surface area (Å²) in [5.41, 5.74) is 0. The molecule has 5 nitrogen and oxygen atoms in total. The summed E-state index contributed by atoms with van der Waals surface area (Å²) in [4.78, 5) is 25.6. The Balaban J connectivity index is 2.19. The van der Waals surface area contributed by atoms with E-state index >= 15 is 0 Å². The molecule has 1 fully saturated rings.